The third kappa shape index (κ3) is 4.29. The van der Waals surface area contributed by atoms with Crippen LogP contribution >= 0.6 is 11.6 Å². The van der Waals surface area contributed by atoms with Gasteiger partial charge in [0.05, 0.1) is 0 Å². The number of halogens is 1. The SMILES string of the molecule is CC(=O)N1N=C(c2ccc(NC(=O)c3ccccc3C)cc2)O[C@H]1c1ccccc1Cl. The standard InChI is InChI=1S/C24H20ClN3O3/c1-15-7-3-4-8-19(15)22(30)26-18-13-11-17(12-14-18)23-27-28(16(2)29)24(31-23)20-9-5-6-10-21(20)25/h3-14,24H,1-2H3,(H,26,30)/t24-/m0/s1. The maximum absolute atomic E-state index is 12.5. The fourth-order valence-electron chi connectivity index (χ4n) is 3.28. The molecule has 1 N–H and O–H groups in total. The minimum Gasteiger partial charge on any atom is -0.446 e. The van der Waals surface area contributed by atoms with Crippen LogP contribution in [0.25, 0.3) is 0 Å². The van der Waals surface area contributed by atoms with Crippen LogP contribution < -0.4 is 5.32 Å². The number of benzene rings is 3. The number of aryl methyl sites for hydroxylation is 1. The van der Waals surface area contributed by atoms with Crippen molar-refractivity contribution in [3.63, 3.8) is 0 Å². The molecule has 4 rings (SSSR count). The van der Waals surface area contributed by atoms with Crippen molar-refractivity contribution >= 4 is 35.0 Å². The molecule has 6 nitrogen and oxygen atoms in total. The van der Waals surface area contributed by atoms with Crippen LogP contribution in [-0.4, -0.2) is 22.7 Å². The fraction of sp³-hybridized carbons (Fsp3) is 0.125. The number of nitrogens with zero attached hydrogens (tertiary/aromatic N) is 2. The summed E-state index contributed by atoms with van der Waals surface area (Å²) in [5.41, 5.74) is 3.49. The molecule has 0 aromatic heterocycles. The van der Waals surface area contributed by atoms with Gasteiger partial charge in [-0.2, -0.15) is 5.01 Å². The third-order valence-corrected chi connectivity index (χ3v) is 5.26. The van der Waals surface area contributed by atoms with E-state index in [2.05, 4.69) is 10.4 Å². The minimum atomic E-state index is -0.735. The summed E-state index contributed by atoms with van der Waals surface area (Å²) in [5.74, 6) is -0.138. The summed E-state index contributed by atoms with van der Waals surface area (Å²) in [6.07, 6.45) is -0.735. The minimum absolute atomic E-state index is 0.179. The van der Waals surface area contributed by atoms with Crippen molar-refractivity contribution < 1.29 is 14.3 Å². The molecule has 0 bridgehead atoms. The van der Waals surface area contributed by atoms with E-state index in [9.17, 15) is 9.59 Å². The Morgan fingerprint density at radius 3 is 2.35 bits per heavy atom. The smallest absolute Gasteiger partial charge is 0.255 e. The van der Waals surface area contributed by atoms with Gasteiger partial charge >= 0.3 is 0 Å². The number of hydrogen-bond donors (Lipinski definition) is 1. The van der Waals surface area contributed by atoms with E-state index in [1.807, 2.05) is 37.3 Å². The molecule has 1 heterocycles. The largest absolute Gasteiger partial charge is 0.446 e. The summed E-state index contributed by atoms with van der Waals surface area (Å²) >= 11 is 6.29. The molecule has 7 heteroatoms. The van der Waals surface area contributed by atoms with Gasteiger partial charge in [-0.15, -0.1) is 5.10 Å². The number of nitrogens with one attached hydrogen (secondary N) is 1. The lowest BCUT2D eigenvalue weighted by Crippen LogP contribution is -2.25. The van der Waals surface area contributed by atoms with E-state index in [0.717, 1.165) is 5.56 Å². The van der Waals surface area contributed by atoms with E-state index in [0.29, 0.717) is 33.3 Å². The molecule has 0 saturated heterocycles. The van der Waals surface area contributed by atoms with Crippen LogP contribution in [0.3, 0.4) is 0 Å². The van der Waals surface area contributed by atoms with Gasteiger partial charge in [-0.05, 0) is 48.9 Å². The summed E-state index contributed by atoms with van der Waals surface area (Å²) in [6.45, 7) is 3.31. The van der Waals surface area contributed by atoms with E-state index in [1.54, 1.807) is 42.5 Å². The summed E-state index contributed by atoms with van der Waals surface area (Å²) in [6, 6.07) is 21.6. The molecule has 1 atom stereocenters. The summed E-state index contributed by atoms with van der Waals surface area (Å²) in [7, 11) is 0. The topological polar surface area (TPSA) is 71.0 Å². The Bertz CT molecular complexity index is 1170. The number of amides is 2. The highest BCUT2D eigenvalue weighted by Gasteiger charge is 2.34. The Morgan fingerprint density at radius 2 is 1.68 bits per heavy atom. The quantitative estimate of drug-likeness (QED) is 0.619. The number of rotatable bonds is 4. The second-order valence-corrected chi connectivity index (χ2v) is 7.51. The average Bonchev–Trinajstić information content (AvgIpc) is 3.20. The average molecular weight is 434 g/mol. The Hall–Kier alpha value is -3.64. The highest BCUT2D eigenvalue weighted by molar-refractivity contribution is 6.31. The zero-order chi connectivity index (χ0) is 22.0. The molecule has 3 aromatic rings. The van der Waals surface area contributed by atoms with Crippen LogP contribution in [0.5, 0.6) is 0 Å². The molecule has 156 valence electrons. The highest BCUT2D eigenvalue weighted by Crippen LogP contribution is 2.34. The second-order valence-electron chi connectivity index (χ2n) is 7.11. The van der Waals surface area contributed by atoms with E-state index in [1.165, 1.54) is 11.9 Å². The monoisotopic (exact) mass is 433 g/mol. The van der Waals surface area contributed by atoms with Crippen LogP contribution in [0.2, 0.25) is 5.02 Å². The number of hydrazone groups is 1. The van der Waals surface area contributed by atoms with Crippen molar-refractivity contribution in [3.05, 3.63) is 100 Å². The van der Waals surface area contributed by atoms with Gasteiger partial charge in [0.25, 0.3) is 5.91 Å². The first-order valence-electron chi connectivity index (χ1n) is 9.71. The molecule has 0 radical (unpaired) electrons. The van der Waals surface area contributed by atoms with Gasteiger partial charge in [0.15, 0.2) is 0 Å². The molecule has 1 aliphatic heterocycles. The Labute approximate surface area is 185 Å². The van der Waals surface area contributed by atoms with Crippen LogP contribution in [0.15, 0.2) is 77.9 Å². The first kappa shape index (κ1) is 20.6. The molecular weight excluding hydrogens is 414 g/mol. The molecule has 31 heavy (non-hydrogen) atoms. The van der Waals surface area contributed by atoms with Gasteiger partial charge in [0.2, 0.25) is 18.0 Å². The van der Waals surface area contributed by atoms with Gasteiger partial charge in [-0.1, -0.05) is 48.0 Å². The zero-order valence-corrected chi connectivity index (χ0v) is 17.8. The van der Waals surface area contributed by atoms with E-state index in [-0.39, 0.29) is 11.8 Å². The van der Waals surface area contributed by atoms with E-state index < -0.39 is 6.23 Å². The Morgan fingerprint density at radius 1 is 1.00 bits per heavy atom. The van der Waals surface area contributed by atoms with E-state index >= 15 is 0 Å². The maximum Gasteiger partial charge on any atom is 0.255 e. The number of hydrogen-bond acceptors (Lipinski definition) is 4. The summed E-state index contributed by atoms with van der Waals surface area (Å²) in [5, 5.41) is 8.98. The number of carbonyl (C=O) groups is 2. The molecule has 2 amide bonds. The lowest BCUT2D eigenvalue weighted by atomic mass is 10.1. The number of carbonyl (C=O) groups excluding carboxylic acids is 2. The number of ether oxygens (including phenoxy) is 1. The van der Waals surface area contributed by atoms with Gasteiger partial charge in [0.1, 0.15) is 0 Å². The molecule has 0 saturated carbocycles. The van der Waals surface area contributed by atoms with Gasteiger partial charge in [0, 0.05) is 34.3 Å². The van der Waals surface area contributed by atoms with Gasteiger partial charge < -0.3 is 10.1 Å². The fourth-order valence-corrected chi connectivity index (χ4v) is 3.51. The molecule has 0 unspecified atom stereocenters. The molecule has 0 spiro atoms. The van der Waals surface area contributed by atoms with Crippen molar-refractivity contribution in [2.24, 2.45) is 5.10 Å². The van der Waals surface area contributed by atoms with E-state index in [4.69, 9.17) is 16.3 Å². The third-order valence-electron chi connectivity index (χ3n) is 4.92. The van der Waals surface area contributed by atoms with Crippen molar-refractivity contribution in [2.45, 2.75) is 20.1 Å². The van der Waals surface area contributed by atoms with Gasteiger partial charge in [-0.25, -0.2) is 0 Å². The molecular formula is C24H20ClN3O3. The van der Waals surface area contributed by atoms with Crippen molar-refractivity contribution in [1.29, 1.82) is 0 Å². The first-order valence-corrected chi connectivity index (χ1v) is 10.1. The maximum atomic E-state index is 12.5. The predicted molar refractivity (Wildman–Crippen MR) is 120 cm³/mol. The lowest BCUT2D eigenvalue weighted by Gasteiger charge is -2.20. The van der Waals surface area contributed by atoms with Crippen LogP contribution in [-0.2, 0) is 9.53 Å². The summed E-state index contributed by atoms with van der Waals surface area (Å²) in [4.78, 5) is 24.6. The van der Waals surface area contributed by atoms with Gasteiger partial charge in [-0.3, -0.25) is 9.59 Å². The normalized spacial score (nSPS) is 15.3. The molecule has 0 fully saturated rings. The lowest BCUT2D eigenvalue weighted by molar-refractivity contribution is -0.135. The summed E-state index contributed by atoms with van der Waals surface area (Å²) < 4.78 is 5.98. The van der Waals surface area contributed by atoms with Crippen LogP contribution in [0.1, 0.15) is 40.2 Å². The van der Waals surface area contributed by atoms with Crippen molar-refractivity contribution in [3.8, 4) is 0 Å². The second kappa shape index (κ2) is 8.62. The number of anilines is 1. The molecule has 3 aromatic carbocycles. The zero-order valence-electron chi connectivity index (χ0n) is 17.0. The highest BCUT2D eigenvalue weighted by atomic mass is 35.5. The predicted octanol–water partition coefficient (Wildman–Crippen LogP) is 5.14. The van der Waals surface area contributed by atoms with Crippen LogP contribution in [0, 0.1) is 6.92 Å². The first-order chi connectivity index (χ1) is 14.9. The molecule has 0 aliphatic carbocycles. The van der Waals surface area contributed by atoms with Crippen molar-refractivity contribution in [1.82, 2.24) is 5.01 Å². The Kier molecular flexibility index (Phi) is 5.73. The van der Waals surface area contributed by atoms with Crippen LogP contribution in [0.4, 0.5) is 5.69 Å². The molecule has 1 aliphatic rings. The Balaban J connectivity index is 1.53. The van der Waals surface area contributed by atoms with Crippen molar-refractivity contribution in [2.75, 3.05) is 5.32 Å².